The number of hydrogen-bond acceptors (Lipinski definition) is 1. The molecule has 0 heterocycles. The molecule has 0 spiro atoms. The van der Waals surface area contributed by atoms with E-state index in [9.17, 15) is 8.78 Å². The molecule has 0 aliphatic carbocycles. The highest BCUT2D eigenvalue weighted by atomic mass is 79.9. The van der Waals surface area contributed by atoms with Crippen molar-refractivity contribution in [1.82, 2.24) is 0 Å². The number of nitrogens with two attached hydrogens (primary N) is 1. The summed E-state index contributed by atoms with van der Waals surface area (Å²) >= 11 is 6.48. The van der Waals surface area contributed by atoms with Gasteiger partial charge in [0, 0.05) is 20.1 Å². The van der Waals surface area contributed by atoms with E-state index in [2.05, 4.69) is 31.9 Å². The Morgan fingerprint density at radius 1 is 1.00 bits per heavy atom. The number of halogens is 4. The summed E-state index contributed by atoms with van der Waals surface area (Å²) in [4.78, 5) is 0. The SMILES string of the molecule is NC(c1cc(Br)ccc1F)c1c(F)cccc1Br. The Labute approximate surface area is 120 Å². The summed E-state index contributed by atoms with van der Waals surface area (Å²) in [5, 5.41) is 0. The first-order valence-corrected chi connectivity index (χ1v) is 6.73. The summed E-state index contributed by atoms with van der Waals surface area (Å²) in [5.74, 6) is -0.919. The minimum atomic E-state index is -0.863. The highest BCUT2D eigenvalue weighted by molar-refractivity contribution is 9.10. The van der Waals surface area contributed by atoms with Gasteiger partial charge in [0.25, 0.3) is 0 Å². The fraction of sp³-hybridized carbons (Fsp3) is 0.0769. The smallest absolute Gasteiger partial charge is 0.129 e. The average Bonchev–Trinajstić information content (AvgIpc) is 2.32. The molecule has 0 bridgehead atoms. The van der Waals surface area contributed by atoms with E-state index in [-0.39, 0.29) is 11.1 Å². The first-order valence-electron chi connectivity index (χ1n) is 5.15. The van der Waals surface area contributed by atoms with Gasteiger partial charge in [-0.15, -0.1) is 0 Å². The molecule has 18 heavy (non-hydrogen) atoms. The van der Waals surface area contributed by atoms with Crippen LogP contribution < -0.4 is 5.73 Å². The van der Waals surface area contributed by atoms with Crippen LogP contribution in [-0.4, -0.2) is 0 Å². The summed E-state index contributed by atoms with van der Waals surface area (Å²) in [6, 6.07) is 8.10. The normalized spacial score (nSPS) is 12.5. The second-order valence-corrected chi connectivity index (χ2v) is 5.55. The van der Waals surface area contributed by atoms with E-state index in [0.717, 1.165) is 0 Å². The molecular weight excluding hydrogens is 368 g/mol. The molecule has 2 aromatic carbocycles. The van der Waals surface area contributed by atoms with E-state index in [1.807, 2.05) is 0 Å². The Hall–Kier alpha value is -0.780. The minimum absolute atomic E-state index is 0.245. The average molecular weight is 377 g/mol. The van der Waals surface area contributed by atoms with Gasteiger partial charge >= 0.3 is 0 Å². The predicted octanol–water partition coefficient (Wildman–Crippen LogP) is 4.54. The molecule has 0 amide bonds. The molecule has 2 aromatic rings. The summed E-state index contributed by atoms with van der Waals surface area (Å²) < 4.78 is 28.7. The third kappa shape index (κ3) is 2.63. The number of rotatable bonds is 2. The van der Waals surface area contributed by atoms with E-state index in [1.165, 1.54) is 12.1 Å². The van der Waals surface area contributed by atoms with Gasteiger partial charge in [0.1, 0.15) is 11.6 Å². The lowest BCUT2D eigenvalue weighted by Gasteiger charge is -2.16. The molecule has 94 valence electrons. The summed E-state index contributed by atoms with van der Waals surface area (Å²) in [6.07, 6.45) is 0. The molecular formula is C13H9Br2F2N. The van der Waals surface area contributed by atoms with Gasteiger partial charge in [-0.2, -0.15) is 0 Å². The van der Waals surface area contributed by atoms with Crippen molar-refractivity contribution in [2.24, 2.45) is 5.73 Å². The molecule has 0 saturated carbocycles. The molecule has 0 saturated heterocycles. The van der Waals surface area contributed by atoms with Crippen molar-refractivity contribution < 1.29 is 8.78 Å². The van der Waals surface area contributed by atoms with Crippen LogP contribution in [-0.2, 0) is 0 Å². The Morgan fingerprint density at radius 2 is 1.72 bits per heavy atom. The van der Waals surface area contributed by atoms with Crippen LogP contribution in [0.4, 0.5) is 8.78 Å². The summed E-state index contributed by atoms with van der Waals surface area (Å²) in [7, 11) is 0. The van der Waals surface area contributed by atoms with Crippen molar-refractivity contribution in [3.63, 3.8) is 0 Å². The molecule has 0 aliphatic rings. The number of benzene rings is 2. The van der Waals surface area contributed by atoms with E-state index < -0.39 is 17.7 Å². The highest BCUT2D eigenvalue weighted by Crippen LogP contribution is 2.31. The van der Waals surface area contributed by atoms with Gasteiger partial charge in [0.2, 0.25) is 0 Å². The fourth-order valence-corrected chi connectivity index (χ4v) is 2.68. The maximum atomic E-state index is 13.8. The van der Waals surface area contributed by atoms with Crippen LogP contribution in [0.5, 0.6) is 0 Å². The van der Waals surface area contributed by atoms with Crippen LogP contribution in [0, 0.1) is 11.6 Å². The Balaban J connectivity index is 2.54. The van der Waals surface area contributed by atoms with Crippen LogP contribution >= 0.6 is 31.9 Å². The lowest BCUT2D eigenvalue weighted by molar-refractivity contribution is 0.574. The minimum Gasteiger partial charge on any atom is -0.320 e. The molecule has 5 heteroatoms. The topological polar surface area (TPSA) is 26.0 Å². The van der Waals surface area contributed by atoms with E-state index in [1.54, 1.807) is 24.3 Å². The number of hydrogen-bond donors (Lipinski definition) is 1. The molecule has 0 aromatic heterocycles. The summed E-state index contributed by atoms with van der Waals surface area (Å²) in [5.41, 5.74) is 6.45. The molecule has 2 rings (SSSR count). The van der Waals surface area contributed by atoms with Crippen molar-refractivity contribution in [3.05, 3.63) is 68.1 Å². The molecule has 1 nitrogen and oxygen atoms in total. The maximum Gasteiger partial charge on any atom is 0.129 e. The van der Waals surface area contributed by atoms with Crippen LogP contribution in [0.25, 0.3) is 0 Å². The maximum absolute atomic E-state index is 13.8. The zero-order chi connectivity index (χ0) is 13.3. The van der Waals surface area contributed by atoms with Crippen LogP contribution in [0.15, 0.2) is 45.3 Å². The van der Waals surface area contributed by atoms with Crippen molar-refractivity contribution >= 4 is 31.9 Å². The molecule has 0 fully saturated rings. The van der Waals surface area contributed by atoms with Crippen LogP contribution in [0.3, 0.4) is 0 Å². The van der Waals surface area contributed by atoms with Gasteiger partial charge in [-0.25, -0.2) is 8.78 Å². The van der Waals surface area contributed by atoms with E-state index in [0.29, 0.717) is 8.95 Å². The molecule has 1 unspecified atom stereocenters. The van der Waals surface area contributed by atoms with Gasteiger partial charge < -0.3 is 5.73 Å². The Kier molecular flexibility index (Phi) is 4.14. The molecule has 0 aliphatic heterocycles. The second-order valence-electron chi connectivity index (χ2n) is 3.78. The van der Waals surface area contributed by atoms with E-state index in [4.69, 9.17) is 5.73 Å². The van der Waals surface area contributed by atoms with Crippen LogP contribution in [0.1, 0.15) is 17.2 Å². The molecule has 0 radical (unpaired) electrons. The fourth-order valence-electron chi connectivity index (χ4n) is 1.72. The lowest BCUT2D eigenvalue weighted by atomic mass is 9.99. The zero-order valence-electron chi connectivity index (χ0n) is 9.13. The second kappa shape index (κ2) is 5.47. The van der Waals surface area contributed by atoms with Gasteiger partial charge in [-0.3, -0.25) is 0 Å². The van der Waals surface area contributed by atoms with Crippen molar-refractivity contribution in [2.75, 3.05) is 0 Å². The summed E-state index contributed by atoms with van der Waals surface area (Å²) in [6.45, 7) is 0. The third-order valence-electron chi connectivity index (χ3n) is 2.60. The molecule has 1 atom stereocenters. The monoisotopic (exact) mass is 375 g/mol. The lowest BCUT2D eigenvalue weighted by Crippen LogP contribution is -2.16. The largest absolute Gasteiger partial charge is 0.320 e. The standard InChI is InChI=1S/C13H9Br2F2N/c14-7-4-5-10(16)8(6-7)13(18)12-9(15)2-1-3-11(12)17/h1-6,13H,18H2. The Bertz CT molecular complexity index is 567. The van der Waals surface area contributed by atoms with Crippen molar-refractivity contribution in [3.8, 4) is 0 Å². The molecule has 2 N–H and O–H groups in total. The zero-order valence-corrected chi connectivity index (χ0v) is 12.3. The van der Waals surface area contributed by atoms with Gasteiger partial charge in [-0.05, 0) is 30.3 Å². The van der Waals surface area contributed by atoms with Gasteiger partial charge in [-0.1, -0.05) is 37.9 Å². The van der Waals surface area contributed by atoms with Gasteiger partial charge in [0.15, 0.2) is 0 Å². The predicted molar refractivity (Wildman–Crippen MR) is 74.2 cm³/mol. The first kappa shape index (κ1) is 13.6. The first-order chi connectivity index (χ1) is 8.50. The Morgan fingerprint density at radius 3 is 2.39 bits per heavy atom. The van der Waals surface area contributed by atoms with Gasteiger partial charge in [0.05, 0.1) is 6.04 Å². The van der Waals surface area contributed by atoms with Crippen molar-refractivity contribution in [1.29, 1.82) is 0 Å². The highest BCUT2D eigenvalue weighted by Gasteiger charge is 2.19. The van der Waals surface area contributed by atoms with Crippen LogP contribution in [0.2, 0.25) is 0 Å². The van der Waals surface area contributed by atoms with E-state index >= 15 is 0 Å². The third-order valence-corrected chi connectivity index (χ3v) is 3.79. The van der Waals surface area contributed by atoms with Crippen molar-refractivity contribution in [2.45, 2.75) is 6.04 Å². The quantitative estimate of drug-likeness (QED) is 0.818.